The van der Waals surface area contributed by atoms with Gasteiger partial charge < -0.3 is 0 Å². The standard InChI is InChI=1S/C22H16Cl2N2S2/c23-17-9-5-15(6-10-17)13-27-21-19-3-1-2-4-20(19)22(26-25-21)28-14-16-7-11-18(24)12-8-16/h1-12H,13-14H2. The van der Waals surface area contributed by atoms with Crippen LogP contribution in [0.15, 0.2) is 82.8 Å². The summed E-state index contributed by atoms with van der Waals surface area (Å²) in [7, 11) is 0. The summed E-state index contributed by atoms with van der Waals surface area (Å²) in [6.07, 6.45) is 0. The normalized spacial score (nSPS) is 11.1. The second-order valence-corrected chi connectivity index (χ2v) is 8.99. The second kappa shape index (κ2) is 9.19. The molecule has 2 nitrogen and oxygen atoms in total. The van der Waals surface area contributed by atoms with Crippen LogP contribution in [0.2, 0.25) is 10.0 Å². The number of hydrogen-bond acceptors (Lipinski definition) is 4. The van der Waals surface area contributed by atoms with E-state index < -0.39 is 0 Å². The van der Waals surface area contributed by atoms with Crippen molar-refractivity contribution in [2.75, 3.05) is 0 Å². The molecule has 0 saturated heterocycles. The highest BCUT2D eigenvalue weighted by Gasteiger charge is 2.10. The van der Waals surface area contributed by atoms with Crippen LogP contribution < -0.4 is 0 Å². The fourth-order valence-corrected chi connectivity index (χ4v) is 4.84. The van der Waals surface area contributed by atoms with Crippen LogP contribution in [0.25, 0.3) is 10.8 Å². The van der Waals surface area contributed by atoms with E-state index in [-0.39, 0.29) is 0 Å². The average Bonchev–Trinajstić information content (AvgIpc) is 2.73. The monoisotopic (exact) mass is 442 g/mol. The molecule has 0 aliphatic carbocycles. The number of fused-ring (bicyclic) bond motifs is 1. The van der Waals surface area contributed by atoms with Gasteiger partial charge in [-0.1, -0.05) is 95.3 Å². The fourth-order valence-electron chi connectivity index (χ4n) is 2.73. The Balaban J connectivity index is 1.54. The van der Waals surface area contributed by atoms with Gasteiger partial charge in [-0.25, -0.2) is 0 Å². The molecule has 28 heavy (non-hydrogen) atoms. The van der Waals surface area contributed by atoms with Crippen molar-refractivity contribution in [3.8, 4) is 0 Å². The van der Waals surface area contributed by atoms with Crippen LogP contribution in [0.3, 0.4) is 0 Å². The summed E-state index contributed by atoms with van der Waals surface area (Å²) in [4.78, 5) is 0. The molecular formula is C22H16Cl2N2S2. The third kappa shape index (κ3) is 4.81. The van der Waals surface area contributed by atoms with E-state index in [9.17, 15) is 0 Å². The zero-order valence-corrected chi connectivity index (χ0v) is 18.0. The number of rotatable bonds is 6. The molecule has 140 valence electrons. The summed E-state index contributed by atoms with van der Waals surface area (Å²) >= 11 is 15.3. The predicted molar refractivity (Wildman–Crippen MR) is 122 cm³/mol. The van der Waals surface area contributed by atoms with Crippen molar-refractivity contribution in [2.24, 2.45) is 0 Å². The van der Waals surface area contributed by atoms with Crippen molar-refractivity contribution in [3.05, 3.63) is 94.0 Å². The van der Waals surface area contributed by atoms with Crippen LogP contribution in [0, 0.1) is 0 Å². The quantitative estimate of drug-likeness (QED) is 0.288. The van der Waals surface area contributed by atoms with E-state index in [2.05, 4.69) is 22.3 Å². The molecule has 3 aromatic carbocycles. The molecular weight excluding hydrogens is 427 g/mol. The van der Waals surface area contributed by atoms with Gasteiger partial charge >= 0.3 is 0 Å². The van der Waals surface area contributed by atoms with E-state index in [0.717, 1.165) is 42.4 Å². The van der Waals surface area contributed by atoms with Crippen molar-refractivity contribution >= 4 is 57.5 Å². The van der Waals surface area contributed by atoms with Gasteiger partial charge in [0, 0.05) is 32.3 Å². The smallest absolute Gasteiger partial charge is 0.127 e. The minimum atomic E-state index is 0.751. The maximum atomic E-state index is 5.97. The topological polar surface area (TPSA) is 25.8 Å². The Morgan fingerprint density at radius 3 is 1.36 bits per heavy atom. The Hall–Kier alpha value is -1.72. The molecule has 1 heterocycles. The first kappa shape index (κ1) is 19.6. The highest BCUT2D eigenvalue weighted by atomic mass is 35.5. The molecule has 0 aliphatic heterocycles. The van der Waals surface area contributed by atoms with Crippen LogP contribution in [0.5, 0.6) is 0 Å². The molecule has 6 heteroatoms. The number of thioether (sulfide) groups is 2. The van der Waals surface area contributed by atoms with E-state index >= 15 is 0 Å². The summed E-state index contributed by atoms with van der Waals surface area (Å²) in [5.41, 5.74) is 2.42. The van der Waals surface area contributed by atoms with Gasteiger partial charge in [0.1, 0.15) is 10.1 Å². The summed E-state index contributed by atoms with van der Waals surface area (Å²) < 4.78 is 0. The first-order valence-electron chi connectivity index (χ1n) is 8.69. The van der Waals surface area contributed by atoms with Crippen molar-refractivity contribution in [3.63, 3.8) is 0 Å². The van der Waals surface area contributed by atoms with Gasteiger partial charge in [0.15, 0.2) is 0 Å². The Morgan fingerprint density at radius 1 is 0.571 bits per heavy atom. The van der Waals surface area contributed by atoms with Gasteiger partial charge in [0.2, 0.25) is 0 Å². The van der Waals surface area contributed by atoms with Crippen LogP contribution in [0.4, 0.5) is 0 Å². The number of benzene rings is 3. The fraction of sp³-hybridized carbons (Fsp3) is 0.0909. The first-order valence-corrected chi connectivity index (χ1v) is 11.4. The van der Waals surface area contributed by atoms with Gasteiger partial charge in [-0.15, -0.1) is 10.2 Å². The van der Waals surface area contributed by atoms with Gasteiger partial charge in [-0.05, 0) is 35.4 Å². The molecule has 0 bridgehead atoms. The average molecular weight is 443 g/mol. The van der Waals surface area contributed by atoms with Gasteiger partial charge in [-0.2, -0.15) is 0 Å². The van der Waals surface area contributed by atoms with Crippen molar-refractivity contribution in [1.29, 1.82) is 0 Å². The molecule has 4 rings (SSSR count). The summed E-state index contributed by atoms with van der Waals surface area (Å²) in [5.74, 6) is 1.65. The zero-order valence-electron chi connectivity index (χ0n) is 14.8. The maximum Gasteiger partial charge on any atom is 0.127 e. The highest BCUT2D eigenvalue weighted by Crippen LogP contribution is 2.34. The summed E-state index contributed by atoms with van der Waals surface area (Å²) in [6.45, 7) is 0. The lowest BCUT2D eigenvalue weighted by atomic mass is 10.2. The van der Waals surface area contributed by atoms with E-state index in [1.165, 1.54) is 11.1 Å². The lowest BCUT2D eigenvalue weighted by molar-refractivity contribution is 0.885. The van der Waals surface area contributed by atoms with Gasteiger partial charge in [0.05, 0.1) is 0 Å². The van der Waals surface area contributed by atoms with Crippen molar-refractivity contribution < 1.29 is 0 Å². The van der Waals surface area contributed by atoms with Crippen LogP contribution in [-0.4, -0.2) is 10.2 Å². The van der Waals surface area contributed by atoms with Crippen LogP contribution in [-0.2, 0) is 11.5 Å². The largest absolute Gasteiger partial charge is 0.142 e. The van der Waals surface area contributed by atoms with E-state index in [1.807, 2.05) is 60.7 Å². The molecule has 0 spiro atoms. The minimum Gasteiger partial charge on any atom is -0.142 e. The Bertz CT molecular complexity index is 996. The molecule has 4 aromatic rings. The van der Waals surface area contributed by atoms with Gasteiger partial charge in [0.25, 0.3) is 0 Å². The van der Waals surface area contributed by atoms with E-state index in [0.29, 0.717) is 0 Å². The SMILES string of the molecule is Clc1ccc(CSc2nnc(SCc3ccc(Cl)cc3)c3ccccc23)cc1. The van der Waals surface area contributed by atoms with Crippen molar-refractivity contribution in [1.82, 2.24) is 10.2 Å². The third-order valence-corrected chi connectivity index (χ3v) is 6.81. The van der Waals surface area contributed by atoms with Gasteiger partial charge in [-0.3, -0.25) is 0 Å². The minimum absolute atomic E-state index is 0.751. The molecule has 0 saturated carbocycles. The Morgan fingerprint density at radius 2 is 0.964 bits per heavy atom. The highest BCUT2D eigenvalue weighted by molar-refractivity contribution is 7.99. The zero-order chi connectivity index (χ0) is 19.3. The maximum absolute atomic E-state index is 5.97. The number of hydrogen-bond donors (Lipinski definition) is 0. The number of nitrogens with zero attached hydrogens (tertiary/aromatic N) is 2. The summed E-state index contributed by atoms with van der Waals surface area (Å²) in [5, 5.41) is 14.7. The number of halogens is 2. The molecule has 0 fully saturated rings. The Labute approximate surface area is 182 Å². The summed E-state index contributed by atoms with van der Waals surface area (Å²) in [6, 6.07) is 24.1. The van der Waals surface area contributed by atoms with Crippen LogP contribution in [0.1, 0.15) is 11.1 Å². The molecule has 0 aliphatic rings. The van der Waals surface area contributed by atoms with E-state index in [4.69, 9.17) is 23.2 Å². The molecule has 1 aromatic heterocycles. The molecule has 0 atom stereocenters. The van der Waals surface area contributed by atoms with E-state index in [1.54, 1.807) is 23.5 Å². The molecule has 0 unspecified atom stereocenters. The molecule has 0 amide bonds. The predicted octanol–water partition coefficient (Wildman–Crippen LogP) is 7.52. The lowest BCUT2D eigenvalue weighted by Crippen LogP contribution is -1.93. The molecule has 0 radical (unpaired) electrons. The first-order chi connectivity index (χ1) is 13.7. The second-order valence-electron chi connectivity index (χ2n) is 6.19. The third-order valence-electron chi connectivity index (χ3n) is 4.20. The Kier molecular flexibility index (Phi) is 6.43. The van der Waals surface area contributed by atoms with Crippen molar-refractivity contribution in [2.45, 2.75) is 21.6 Å². The lowest BCUT2D eigenvalue weighted by Gasteiger charge is -2.09. The molecule has 0 N–H and O–H groups in total. The number of aromatic nitrogens is 2. The van der Waals surface area contributed by atoms with Crippen LogP contribution >= 0.6 is 46.7 Å².